The predicted molar refractivity (Wildman–Crippen MR) is 69.7 cm³/mol. The molecule has 0 radical (unpaired) electrons. The Morgan fingerprint density at radius 3 is 2.94 bits per heavy atom. The Morgan fingerprint density at radius 2 is 2.22 bits per heavy atom. The molecule has 5 heteroatoms. The Labute approximate surface area is 107 Å². The van der Waals surface area contributed by atoms with Crippen LogP contribution in [0.25, 0.3) is 0 Å². The lowest BCUT2D eigenvalue weighted by Gasteiger charge is -2.21. The van der Waals surface area contributed by atoms with Crippen LogP contribution >= 0.6 is 0 Å². The molecule has 5 nitrogen and oxygen atoms in total. The minimum Gasteiger partial charge on any atom is -0.481 e. The van der Waals surface area contributed by atoms with E-state index in [1.165, 1.54) is 12.8 Å². The zero-order chi connectivity index (χ0) is 12.5. The predicted octanol–water partition coefficient (Wildman–Crippen LogP) is 1.65. The molecule has 98 valence electrons. The van der Waals surface area contributed by atoms with Gasteiger partial charge >= 0.3 is 0 Å². The lowest BCUT2D eigenvalue weighted by molar-refractivity contribution is 0.0898. The third kappa shape index (κ3) is 2.22. The monoisotopic (exact) mass is 249 g/mol. The molecule has 0 bridgehead atoms. The summed E-state index contributed by atoms with van der Waals surface area (Å²) >= 11 is 0. The molecular formula is C13H19N3O2. The number of nitrogens with zero attached hydrogens (tertiary/aromatic N) is 1. The zero-order valence-corrected chi connectivity index (χ0v) is 10.6. The number of anilines is 2. The fourth-order valence-electron chi connectivity index (χ4n) is 2.51. The van der Waals surface area contributed by atoms with E-state index in [1.54, 1.807) is 13.2 Å². The fraction of sp³-hybridized carbons (Fsp3) is 0.615. The van der Waals surface area contributed by atoms with Gasteiger partial charge in [-0.25, -0.2) is 0 Å². The average Bonchev–Trinajstić information content (AvgIpc) is 3.13. The van der Waals surface area contributed by atoms with Crippen molar-refractivity contribution in [3.63, 3.8) is 0 Å². The molecule has 2 fully saturated rings. The minimum atomic E-state index is 0.317. The van der Waals surface area contributed by atoms with Gasteiger partial charge in [0.15, 0.2) is 5.82 Å². The average molecular weight is 249 g/mol. The molecule has 1 aromatic heterocycles. The summed E-state index contributed by atoms with van der Waals surface area (Å²) in [5.41, 5.74) is 6.59. The van der Waals surface area contributed by atoms with Gasteiger partial charge in [0.25, 0.3) is 0 Å². The van der Waals surface area contributed by atoms with Gasteiger partial charge in [0.05, 0.1) is 24.9 Å². The molecule has 2 heterocycles. The van der Waals surface area contributed by atoms with Crippen molar-refractivity contribution in [3.05, 3.63) is 12.1 Å². The number of nitrogen functional groups attached to an aromatic ring is 1. The first-order valence-electron chi connectivity index (χ1n) is 6.46. The number of ether oxygens (including phenoxy) is 2. The largest absolute Gasteiger partial charge is 0.481 e. The maximum absolute atomic E-state index is 5.94. The molecular weight excluding hydrogens is 230 g/mol. The molecule has 2 atom stereocenters. The molecule has 2 aliphatic rings. The fourth-order valence-corrected chi connectivity index (χ4v) is 2.51. The molecule has 0 spiro atoms. The van der Waals surface area contributed by atoms with Crippen LogP contribution in [0.2, 0.25) is 0 Å². The summed E-state index contributed by atoms with van der Waals surface area (Å²) in [5.74, 6) is 2.00. The van der Waals surface area contributed by atoms with Gasteiger partial charge < -0.3 is 20.5 Å². The van der Waals surface area contributed by atoms with Crippen LogP contribution in [0.4, 0.5) is 11.5 Å². The van der Waals surface area contributed by atoms with Gasteiger partial charge in [-0.05, 0) is 31.2 Å². The Balaban J connectivity index is 1.74. The number of aromatic nitrogens is 1. The zero-order valence-electron chi connectivity index (χ0n) is 10.6. The third-order valence-corrected chi connectivity index (χ3v) is 3.65. The normalized spacial score (nSPS) is 27.2. The van der Waals surface area contributed by atoms with Crippen molar-refractivity contribution in [2.75, 3.05) is 24.8 Å². The molecule has 1 saturated heterocycles. The highest BCUT2D eigenvalue weighted by Gasteiger charge is 2.40. The summed E-state index contributed by atoms with van der Waals surface area (Å²) in [5, 5.41) is 3.41. The van der Waals surface area contributed by atoms with Gasteiger partial charge in [-0.2, -0.15) is 4.98 Å². The van der Waals surface area contributed by atoms with Crippen LogP contribution < -0.4 is 15.8 Å². The van der Waals surface area contributed by atoms with Crippen molar-refractivity contribution in [1.29, 1.82) is 0 Å². The quantitative estimate of drug-likeness (QED) is 0.849. The molecule has 0 amide bonds. The molecule has 3 N–H and O–H groups in total. The standard InChI is InChI=1S/C13H19N3O2/c1-17-11-5-4-9(14)13(16-11)15-10-6-7-18-12(10)8-2-3-8/h4-5,8,10,12H,2-3,6-7,14H2,1H3,(H,15,16). The summed E-state index contributed by atoms with van der Waals surface area (Å²) in [7, 11) is 1.61. The van der Waals surface area contributed by atoms with Crippen LogP contribution in [0, 0.1) is 5.92 Å². The summed E-state index contributed by atoms with van der Waals surface area (Å²) in [6, 6.07) is 3.90. The van der Waals surface area contributed by atoms with Crippen LogP contribution in [0.15, 0.2) is 12.1 Å². The van der Waals surface area contributed by atoms with E-state index in [9.17, 15) is 0 Å². The van der Waals surface area contributed by atoms with E-state index in [1.807, 2.05) is 6.07 Å². The smallest absolute Gasteiger partial charge is 0.215 e. The van der Waals surface area contributed by atoms with E-state index in [0.29, 0.717) is 29.5 Å². The highest BCUT2D eigenvalue weighted by Crippen LogP contribution is 2.39. The van der Waals surface area contributed by atoms with Crippen molar-refractivity contribution < 1.29 is 9.47 Å². The first kappa shape index (κ1) is 11.6. The minimum absolute atomic E-state index is 0.317. The van der Waals surface area contributed by atoms with E-state index < -0.39 is 0 Å². The molecule has 1 aliphatic heterocycles. The highest BCUT2D eigenvalue weighted by atomic mass is 16.5. The lowest BCUT2D eigenvalue weighted by Crippen LogP contribution is -2.31. The SMILES string of the molecule is COc1ccc(N)c(NC2CCOC2C2CC2)n1. The van der Waals surface area contributed by atoms with Gasteiger partial charge in [0, 0.05) is 12.7 Å². The van der Waals surface area contributed by atoms with Crippen molar-refractivity contribution >= 4 is 11.5 Å². The van der Waals surface area contributed by atoms with E-state index in [4.69, 9.17) is 15.2 Å². The second-order valence-electron chi connectivity index (χ2n) is 5.00. The van der Waals surface area contributed by atoms with Crippen molar-refractivity contribution in [3.8, 4) is 5.88 Å². The summed E-state index contributed by atoms with van der Waals surface area (Å²) in [6.07, 6.45) is 3.89. The molecule has 3 rings (SSSR count). The lowest BCUT2D eigenvalue weighted by atomic mass is 10.1. The van der Waals surface area contributed by atoms with Gasteiger partial charge in [-0.15, -0.1) is 0 Å². The second kappa shape index (κ2) is 4.65. The Morgan fingerprint density at radius 1 is 1.39 bits per heavy atom. The van der Waals surface area contributed by atoms with Crippen molar-refractivity contribution in [1.82, 2.24) is 4.98 Å². The molecule has 18 heavy (non-hydrogen) atoms. The number of pyridine rings is 1. The van der Waals surface area contributed by atoms with Gasteiger partial charge in [0.2, 0.25) is 5.88 Å². The Hall–Kier alpha value is -1.49. The third-order valence-electron chi connectivity index (χ3n) is 3.65. The molecule has 0 aromatic carbocycles. The first-order chi connectivity index (χ1) is 8.78. The molecule has 1 aliphatic carbocycles. The van der Waals surface area contributed by atoms with Crippen molar-refractivity contribution in [2.45, 2.75) is 31.4 Å². The van der Waals surface area contributed by atoms with E-state index in [-0.39, 0.29) is 0 Å². The number of hydrogen-bond donors (Lipinski definition) is 2. The van der Waals surface area contributed by atoms with Crippen LogP contribution in [-0.2, 0) is 4.74 Å². The molecule has 1 saturated carbocycles. The maximum atomic E-state index is 5.94. The molecule has 2 unspecified atom stereocenters. The number of hydrogen-bond acceptors (Lipinski definition) is 5. The van der Waals surface area contributed by atoms with Crippen molar-refractivity contribution in [2.24, 2.45) is 5.92 Å². The number of rotatable bonds is 4. The number of methoxy groups -OCH3 is 1. The summed E-state index contributed by atoms with van der Waals surface area (Å²) in [4.78, 5) is 4.35. The topological polar surface area (TPSA) is 69.4 Å². The summed E-state index contributed by atoms with van der Waals surface area (Å²) in [6.45, 7) is 0.822. The van der Waals surface area contributed by atoms with Crippen LogP contribution in [0.5, 0.6) is 5.88 Å². The van der Waals surface area contributed by atoms with Gasteiger partial charge in [0.1, 0.15) is 0 Å². The maximum Gasteiger partial charge on any atom is 0.215 e. The van der Waals surface area contributed by atoms with Gasteiger partial charge in [-0.1, -0.05) is 0 Å². The highest BCUT2D eigenvalue weighted by molar-refractivity contribution is 5.62. The second-order valence-corrected chi connectivity index (χ2v) is 5.00. The van der Waals surface area contributed by atoms with Crippen LogP contribution in [0.1, 0.15) is 19.3 Å². The van der Waals surface area contributed by atoms with Gasteiger partial charge in [-0.3, -0.25) is 0 Å². The van der Waals surface area contributed by atoms with Crippen LogP contribution in [-0.4, -0.2) is 30.8 Å². The first-order valence-corrected chi connectivity index (χ1v) is 6.46. The number of nitrogens with two attached hydrogens (primary N) is 1. The molecule has 1 aromatic rings. The Bertz CT molecular complexity index is 434. The summed E-state index contributed by atoms with van der Waals surface area (Å²) < 4.78 is 10.9. The van der Waals surface area contributed by atoms with E-state index in [2.05, 4.69) is 10.3 Å². The van der Waals surface area contributed by atoms with E-state index >= 15 is 0 Å². The Kier molecular flexibility index (Phi) is 2.99. The van der Waals surface area contributed by atoms with E-state index in [0.717, 1.165) is 18.9 Å². The van der Waals surface area contributed by atoms with Crippen LogP contribution in [0.3, 0.4) is 0 Å². The number of nitrogens with one attached hydrogen (secondary N) is 1.